The van der Waals surface area contributed by atoms with Crippen molar-refractivity contribution in [3.63, 3.8) is 0 Å². The Balaban J connectivity index is 0.00000160. The molecule has 0 atom stereocenters. The molecule has 0 saturated carbocycles. The lowest BCUT2D eigenvalue weighted by atomic mass is 9.97. The van der Waals surface area contributed by atoms with Gasteiger partial charge in [-0.2, -0.15) is 0 Å². The number of aromatic amines is 2. The second-order valence-electron chi connectivity index (χ2n) is 6.84. The molecule has 0 spiro atoms. The Kier molecular flexibility index (Phi) is 5.09. The average Bonchev–Trinajstić information content (AvgIpc) is 3.37. The number of ether oxygens (including phenoxy) is 1. The molecule has 4 rings (SSSR count). The van der Waals surface area contributed by atoms with E-state index in [0.29, 0.717) is 43.3 Å². The molecule has 0 radical (unpaired) electrons. The van der Waals surface area contributed by atoms with Gasteiger partial charge < -0.3 is 19.6 Å². The minimum absolute atomic E-state index is 0. The summed E-state index contributed by atoms with van der Waals surface area (Å²) in [4.78, 5) is 36.9. The van der Waals surface area contributed by atoms with Crippen LogP contribution in [-0.2, 0) is 9.53 Å². The van der Waals surface area contributed by atoms with Crippen LogP contribution in [0.15, 0.2) is 30.7 Å². The molecule has 1 aliphatic rings. The van der Waals surface area contributed by atoms with Crippen molar-refractivity contribution in [2.75, 3.05) is 19.7 Å². The fraction of sp³-hybridized carbons (Fsp3) is 0.350. The number of piperidine rings is 1. The molecule has 1 amide bonds. The van der Waals surface area contributed by atoms with Crippen molar-refractivity contribution < 1.29 is 17.2 Å². The molecule has 0 bridgehead atoms. The van der Waals surface area contributed by atoms with Crippen molar-refractivity contribution in [2.24, 2.45) is 5.92 Å². The molecule has 2 N–H and O–H groups in total. The number of esters is 1. The van der Waals surface area contributed by atoms with Crippen molar-refractivity contribution >= 4 is 34.5 Å². The van der Waals surface area contributed by atoms with Crippen LogP contribution >= 0.6 is 11.6 Å². The highest BCUT2D eigenvalue weighted by Crippen LogP contribution is 2.34. The molecule has 0 unspecified atom stereocenters. The van der Waals surface area contributed by atoms with Crippen LogP contribution in [0.4, 0.5) is 0 Å². The maximum atomic E-state index is 12.9. The lowest BCUT2D eigenvalue weighted by Gasteiger charge is -2.30. The van der Waals surface area contributed by atoms with Gasteiger partial charge in [0.05, 0.1) is 17.5 Å². The van der Waals surface area contributed by atoms with E-state index >= 15 is 0 Å². The van der Waals surface area contributed by atoms with Crippen molar-refractivity contribution in [3.05, 3.63) is 41.4 Å². The number of nitrogens with zero attached hydrogens (tertiary/aromatic N) is 2. The fourth-order valence-corrected chi connectivity index (χ4v) is 3.95. The van der Waals surface area contributed by atoms with Crippen LogP contribution in [0.25, 0.3) is 22.2 Å². The molecule has 150 valence electrons. The van der Waals surface area contributed by atoms with Crippen LogP contribution < -0.4 is 0 Å². The minimum atomic E-state index is -0.167. The first-order chi connectivity index (χ1) is 13.6. The Bertz CT molecular complexity index is 1030. The van der Waals surface area contributed by atoms with E-state index in [1.54, 1.807) is 24.2 Å². The number of hydrogen-bond donors (Lipinski definition) is 2. The molecule has 4 heterocycles. The lowest BCUT2D eigenvalue weighted by molar-refractivity contribution is -0.149. The number of carbonyl (C=O) groups is 2. The molecule has 1 saturated heterocycles. The van der Waals surface area contributed by atoms with Crippen LogP contribution in [0.2, 0.25) is 5.02 Å². The quantitative estimate of drug-likeness (QED) is 0.640. The number of nitrogens with one attached hydrogen (secondary N) is 2. The van der Waals surface area contributed by atoms with Crippen LogP contribution in [0.3, 0.4) is 0 Å². The lowest BCUT2D eigenvalue weighted by Crippen LogP contribution is -2.40. The number of amides is 1. The Morgan fingerprint density at radius 1 is 1.36 bits per heavy atom. The predicted octanol–water partition coefficient (Wildman–Crippen LogP) is 4.12. The summed E-state index contributed by atoms with van der Waals surface area (Å²) in [5.74, 6) is -0.371. The zero-order valence-electron chi connectivity index (χ0n) is 15.5. The molecule has 7 nitrogen and oxygen atoms in total. The smallest absolute Gasteiger partial charge is 0.309 e. The summed E-state index contributed by atoms with van der Waals surface area (Å²) in [6, 6.07) is 3.73. The van der Waals surface area contributed by atoms with Crippen molar-refractivity contribution in [3.8, 4) is 11.1 Å². The molecular formula is C20H25ClN4O3. The van der Waals surface area contributed by atoms with Crippen molar-refractivity contribution in [1.29, 1.82) is 0 Å². The molecule has 8 heteroatoms. The van der Waals surface area contributed by atoms with E-state index < -0.39 is 0 Å². The normalized spacial score (nSPS) is 15.1. The summed E-state index contributed by atoms with van der Waals surface area (Å²) in [7, 11) is 0. The molecule has 3 aromatic heterocycles. The number of hydrogen-bond acceptors (Lipinski definition) is 4. The van der Waals surface area contributed by atoms with Crippen LogP contribution in [0, 0.1) is 5.92 Å². The van der Waals surface area contributed by atoms with Gasteiger partial charge in [-0.1, -0.05) is 11.6 Å². The van der Waals surface area contributed by atoms with Crippen molar-refractivity contribution in [2.45, 2.75) is 19.8 Å². The highest BCUT2D eigenvalue weighted by atomic mass is 35.5. The first kappa shape index (κ1) is 18.6. The maximum absolute atomic E-state index is 12.9. The third-order valence-electron chi connectivity index (χ3n) is 5.14. The molecule has 0 aliphatic carbocycles. The van der Waals surface area contributed by atoms with E-state index in [1.807, 2.05) is 18.3 Å². The summed E-state index contributed by atoms with van der Waals surface area (Å²) >= 11 is 6.37. The van der Waals surface area contributed by atoms with Gasteiger partial charge in [0.1, 0.15) is 11.3 Å². The largest absolute Gasteiger partial charge is 0.466 e. The highest BCUT2D eigenvalue weighted by molar-refractivity contribution is 6.34. The second-order valence-corrected chi connectivity index (χ2v) is 7.25. The first-order valence-electron chi connectivity index (χ1n) is 9.34. The SMILES string of the molecule is CCOC(=O)C1CCN(C(=O)c2cc(-c3c(Cl)cnc4[nH]ccc34)c[nH]2)CC1.[HH].[HH]. The van der Waals surface area contributed by atoms with E-state index in [4.69, 9.17) is 16.3 Å². The topological polar surface area (TPSA) is 91.1 Å². The summed E-state index contributed by atoms with van der Waals surface area (Å²) < 4.78 is 5.08. The molecular weight excluding hydrogens is 380 g/mol. The number of likely N-dealkylation sites (tertiary alicyclic amines) is 1. The Labute approximate surface area is 170 Å². The minimum Gasteiger partial charge on any atom is -0.466 e. The Morgan fingerprint density at radius 2 is 2.14 bits per heavy atom. The van der Waals surface area contributed by atoms with E-state index in [0.717, 1.165) is 22.2 Å². The summed E-state index contributed by atoms with van der Waals surface area (Å²) in [5.41, 5.74) is 2.92. The van der Waals surface area contributed by atoms with Gasteiger partial charge in [-0.3, -0.25) is 9.59 Å². The van der Waals surface area contributed by atoms with Crippen LogP contribution in [0.1, 0.15) is 33.1 Å². The first-order valence-corrected chi connectivity index (χ1v) is 9.72. The van der Waals surface area contributed by atoms with Gasteiger partial charge in [0.15, 0.2) is 0 Å². The van der Waals surface area contributed by atoms with Gasteiger partial charge in [0.25, 0.3) is 5.91 Å². The number of aromatic nitrogens is 3. The standard InChI is InChI=1S/C20H21ClN4O3.2H2/c1-2-28-20(27)12-4-7-25(8-5-12)19(26)16-9-13(10-23-16)17-14-3-6-22-18(14)24-11-15(17)21;;/h3,6,9-12,23H,2,4-5,7-8H2,1H3,(H,22,24);2*1H. The van der Waals surface area contributed by atoms with Gasteiger partial charge in [-0.15, -0.1) is 0 Å². The number of halogens is 1. The average molecular weight is 405 g/mol. The second kappa shape index (κ2) is 7.67. The fourth-order valence-electron chi connectivity index (χ4n) is 3.69. The molecule has 0 aromatic carbocycles. The number of H-pyrrole nitrogens is 2. The number of pyridine rings is 1. The van der Waals surface area contributed by atoms with Gasteiger partial charge in [0, 0.05) is 51.0 Å². The summed E-state index contributed by atoms with van der Waals surface area (Å²) in [5, 5.41) is 1.43. The van der Waals surface area contributed by atoms with Crippen LogP contribution in [-0.4, -0.2) is 51.4 Å². The van der Waals surface area contributed by atoms with Gasteiger partial charge in [-0.25, -0.2) is 4.98 Å². The predicted molar refractivity (Wildman–Crippen MR) is 110 cm³/mol. The van der Waals surface area contributed by atoms with Gasteiger partial charge in [0.2, 0.25) is 0 Å². The molecule has 28 heavy (non-hydrogen) atoms. The summed E-state index contributed by atoms with van der Waals surface area (Å²) in [6.45, 7) is 3.26. The number of fused-ring (bicyclic) bond motifs is 1. The molecule has 3 aromatic rings. The van der Waals surface area contributed by atoms with Crippen LogP contribution in [0.5, 0.6) is 0 Å². The Hall–Kier alpha value is -2.80. The molecule has 1 fully saturated rings. The zero-order valence-corrected chi connectivity index (χ0v) is 16.3. The number of carbonyl (C=O) groups excluding carboxylic acids is 2. The van der Waals surface area contributed by atoms with E-state index in [2.05, 4.69) is 15.0 Å². The molecule has 1 aliphatic heterocycles. The third-order valence-corrected chi connectivity index (χ3v) is 5.43. The van der Waals surface area contributed by atoms with Gasteiger partial charge >= 0.3 is 5.97 Å². The van der Waals surface area contributed by atoms with E-state index in [9.17, 15) is 9.59 Å². The van der Waals surface area contributed by atoms with E-state index in [-0.39, 0.29) is 20.6 Å². The number of rotatable bonds is 4. The highest BCUT2D eigenvalue weighted by Gasteiger charge is 2.29. The zero-order chi connectivity index (χ0) is 19.7. The third kappa shape index (κ3) is 3.38. The summed E-state index contributed by atoms with van der Waals surface area (Å²) in [6.07, 6.45) is 6.44. The Morgan fingerprint density at radius 3 is 2.89 bits per heavy atom. The maximum Gasteiger partial charge on any atom is 0.309 e. The van der Waals surface area contributed by atoms with E-state index in [1.165, 1.54) is 0 Å². The van der Waals surface area contributed by atoms with Gasteiger partial charge in [-0.05, 0) is 31.9 Å². The van der Waals surface area contributed by atoms with Crippen molar-refractivity contribution in [1.82, 2.24) is 19.9 Å². The monoisotopic (exact) mass is 404 g/mol.